The molecule has 1 aromatic carbocycles. The van der Waals surface area contributed by atoms with Crippen molar-refractivity contribution in [3.05, 3.63) is 66.0 Å². The number of phenolic OH excluding ortho intramolecular Hbond substituents is 1. The first-order valence-electron chi connectivity index (χ1n) is 9.76. The molecule has 1 fully saturated rings. The van der Waals surface area contributed by atoms with Gasteiger partial charge in [0.1, 0.15) is 17.3 Å². The molecule has 29 heavy (non-hydrogen) atoms. The number of aryl methyl sites for hydroxylation is 1. The zero-order chi connectivity index (χ0) is 20.2. The Labute approximate surface area is 169 Å². The third kappa shape index (κ3) is 4.18. The normalized spacial score (nSPS) is 14.1. The van der Waals surface area contributed by atoms with E-state index in [1.807, 2.05) is 29.2 Å². The number of piperazine rings is 1. The first-order chi connectivity index (χ1) is 14.1. The number of carbonyl (C=O) groups is 1. The summed E-state index contributed by atoms with van der Waals surface area (Å²) >= 11 is 0. The highest BCUT2D eigenvalue weighted by Gasteiger charge is 2.24. The number of phenols is 1. The Hall–Kier alpha value is -3.48. The molecule has 0 bridgehead atoms. The monoisotopic (exact) mass is 389 g/mol. The Morgan fingerprint density at radius 2 is 1.86 bits per heavy atom. The largest absolute Gasteiger partial charge is 0.508 e. The van der Waals surface area contributed by atoms with Crippen molar-refractivity contribution in [1.82, 2.24) is 19.9 Å². The minimum atomic E-state index is -0.0633. The van der Waals surface area contributed by atoms with Crippen LogP contribution < -0.4 is 4.90 Å². The van der Waals surface area contributed by atoms with Crippen molar-refractivity contribution in [3.8, 4) is 17.3 Å². The van der Waals surface area contributed by atoms with Crippen LogP contribution in [-0.4, -0.2) is 57.0 Å². The average molecular weight is 389 g/mol. The van der Waals surface area contributed by atoms with Crippen molar-refractivity contribution in [2.45, 2.75) is 13.3 Å². The minimum absolute atomic E-state index is 0.0633. The van der Waals surface area contributed by atoms with Crippen LogP contribution in [-0.2, 0) is 6.42 Å². The average Bonchev–Trinajstić information content (AvgIpc) is 2.79. The van der Waals surface area contributed by atoms with Crippen LogP contribution in [0.2, 0.25) is 0 Å². The van der Waals surface area contributed by atoms with Gasteiger partial charge in [-0.3, -0.25) is 9.78 Å². The molecule has 0 atom stereocenters. The van der Waals surface area contributed by atoms with Crippen LogP contribution in [0.3, 0.4) is 0 Å². The molecule has 7 heteroatoms. The van der Waals surface area contributed by atoms with Crippen molar-refractivity contribution in [1.29, 1.82) is 0 Å². The first kappa shape index (κ1) is 18.9. The number of amides is 1. The second-order valence-electron chi connectivity index (χ2n) is 6.94. The molecule has 3 heterocycles. The summed E-state index contributed by atoms with van der Waals surface area (Å²) in [5.74, 6) is 1.52. The molecule has 0 unspecified atom stereocenters. The Kier molecular flexibility index (Phi) is 5.37. The van der Waals surface area contributed by atoms with Crippen molar-refractivity contribution in [2.24, 2.45) is 0 Å². The lowest BCUT2D eigenvalue weighted by Crippen LogP contribution is -2.49. The molecular formula is C22H23N5O2. The van der Waals surface area contributed by atoms with E-state index in [4.69, 9.17) is 4.98 Å². The van der Waals surface area contributed by atoms with Crippen LogP contribution in [0.5, 0.6) is 5.75 Å². The Bertz CT molecular complexity index is 1000. The van der Waals surface area contributed by atoms with Gasteiger partial charge in [-0.05, 0) is 36.8 Å². The van der Waals surface area contributed by atoms with Crippen LogP contribution >= 0.6 is 0 Å². The molecule has 1 N–H and O–H groups in total. The number of aromatic hydroxyl groups is 1. The Morgan fingerprint density at radius 1 is 1.03 bits per heavy atom. The molecule has 1 aliphatic rings. The molecule has 0 saturated carbocycles. The summed E-state index contributed by atoms with van der Waals surface area (Å²) in [6, 6.07) is 14.2. The van der Waals surface area contributed by atoms with Gasteiger partial charge in [-0.1, -0.05) is 19.1 Å². The second-order valence-corrected chi connectivity index (χ2v) is 6.94. The number of carbonyl (C=O) groups excluding carboxylic acids is 1. The van der Waals surface area contributed by atoms with Gasteiger partial charge in [0.2, 0.25) is 0 Å². The van der Waals surface area contributed by atoms with E-state index in [-0.39, 0.29) is 11.7 Å². The summed E-state index contributed by atoms with van der Waals surface area (Å²) in [6.07, 6.45) is 2.55. The van der Waals surface area contributed by atoms with E-state index in [1.165, 1.54) is 6.07 Å². The lowest BCUT2D eigenvalue weighted by Gasteiger charge is -2.35. The molecule has 148 valence electrons. The number of hydrogen-bond donors (Lipinski definition) is 1. The van der Waals surface area contributed by atoms with Crippen LogP contribution in [0.4, 0.5) is 5.82 Å². The highest BCUT2D eigenvalue weighted by molar-refractivity contribution is 5.94. The van der Waals surface area contributed by atoms with Crippen LogP contribution in [0.15, 0.2) is 54.7 Å². The molecular weight excluding hydrogens is 366 g/mol. The Morgan fingerprint density at radius 3 is 2.55 bits per heavy atom. The van der Waals surface area contributed by atoms with Gasteiger partial charge in [0, 0.05) is 49.7 Å². The van der Waals surface area contributed by atoms with Gasteiger partial charge in [-0.25, -0.2) is 9.97 Å². The maximum atomic E-state index is 12.7. The molecule has 0 aliphatic carbocycles. The zero-order valence-electron chi connectivity index (χ0n) is 16.3. The predicted molar refractivity (Wildman–Crippen MR) is 111 cm³/mol. The topological polar surface area (TPSA) is 82.5 Å². The Balaban J connectivity index is 1.50. The van der Waals surface area contributed by atoms with Crippen molar-refractivity contribution < 1.29 is 9.90 Å². The molecule has 0 spiro atoms. The molecule has 3 aromatic rings. The molecule has 2 aromatic heterocycles. The highest BCUT2D eigenvalue weighted by Crippen LogP contribution is 2.21. The summed E-state index contributed by atoms with van der Waals surface area (Å²) in [5.41, 5.74) is 2.22. The summed E-state index contributed by atoms with van der Waals surface area (Å²) in [4.78, 5) is 30.4. The molecule has 1 saturated heterocycles. The maximum Gasteiger partial charge on any atom is 0.254 e. The number of hydrogen-bond acceptors (Lipinski definition) is 6. The van der Waals surface area contributed by atoms with Crippen molar-refractivity contribution in [2.75, 3.05) is 31.1 Å². The van der Waals surface area contributed by atoms with Gasteiger partial charge in [0.05, 0.1) is 0 Å². The van der Waals surface area contributed by atoms with E-state index in [1.54, 1.807) is 24.4 Å². The van der Waals surface area contributed by atoms with Crippen LogP contribution in [0.1, 0.15) is 23.0 Å². The van der Waals surface area contributed by atoms with Crippen molar-refractivity contribution >= 4 is 11.7 Å². The number of aromatic nitrogens is 3. The third-order valence-electron chi connectivity index (χ3n) is 5.01. The minimum Gasteiger partial charge on any atom is -0.508 e. The predicted octanol–water partition coefficient (Wildman–Crippen LogP) is 2.77. The molecule has 1 aliphatic heterocycles. The second kappa shape index (κ2) is 8.26. The van der Waals surface area contributed by atoms with E-state index in [0.717, 1.165) is 23.6 Å². The van der Waals surface area contributed by atoms with E-state index in [9.17, 15) is 9.90 Å². The standard InChI is InChI=1S/C22H23N5O2/c1-2-17-15-20(25-21(24-17)19-8-3-4-9-23-19)26-10-12-27(13-11-26)22(29)16-6-5-7-18(28)14-16/h3-9,14-15,28H,2,10-13H2,1H3. The zero-order valence-corrected chi connectivity index (χ0v) is 16.3. The van der Waals surface area contributed by atoms with Gasteiger partial charge < -0.3 is 14.9 Å². The van der Waals surface area contributed by atoms with Gasteiger partial charge in [0.25, 0.3) is 5.91 Å². The number of rotatable bonds is 4. The molecule has 7 nitrogen and oxygen atoms in total. The molecule has 0 radical (unpaired) electrons. The lowest BCUT2D eigenvalue weighted by atomic mass is 10.1. The highest BCUT2D eigenvalue weighted by atomic mass is 16.3. The van der Waals surface area contributed by atoms with E-state index < -0.39 is 0 Å². The quantitative estimate of drug-likeness (QED) is 0.739. The van der Waals surface area contributed by atoms with Gasteiger partial charge in [0.15, 0.2) is 5.82 Å². The van der Waals surface area contributed by atoms with Crippen molar-refractivity contribution in [3.63, 3.8) is 0 Å². The first-order valence-corrected chi connectivity index (χ1v) is 9.76. The number of nitrogens with zero attached hydrogens (tertiary/aromatic N) is 5. The van der Waals surface area contributed by atoms with E-state index >= 15 is 0 Å². The lowest BCUT2D eigenvalue weighted by molar-refractivity contribution is 0.0746. The summed E-state index contributed by atoms with van der Waals surface area (Å²) in [7, 11) is 0. The van der Waals surface area contributed by atoms with Gasteiger partial charge in [-0.2, -0.15) is 0 Å². The fraction of sp³-hybridized carbons (Fsp3) is 0.273. The molecule has 4 rings (SSSR count). The summed E-state index contributed by atoms with van der Waals surface area (Å²) < 4.78 is 0. The smallest absolute Gasteiger partial charge is 0.254 e. The molecule has 1 amide bonds. The van der Waals surface area contributed by atoms with Crippen LogP contribution in [0, 0.1) is 0 Å². The number of anilines is 1. The summed E-state index contributed by atoms with van der Waals surface area (Å²) in [6.45, 7) is 4.64. The fourth-order valence-corrected chi connectivity index (χ4v) is 3.40. The maximum absolute atomic E-state index is 12.7. The SMILES string of the molecule is CCc1cc(N2CCN(C(=O)c3cccc(O)c3)CC2)nc(-c2ccccn2)n1. The van der Waals surface area contributed by atoms with Gasteiger partial charge >= 0.3 is 0 Å². The van der Waals surface area contributed by atoms with Gasteiger partial charge in [-0.15, -0.1) is 0 Å². The number of benzene rings is 1. The third-order valence-corrected chi connectivity index (χ3v) is 5.01. The number of pyridine rings is 1. The van der Waals surface area contributed by atoms with Crippen LogP contribution in [0.25, 0.3) is 11.5 Å². The summed E-state index contributed by atoms with van der Waals surface area (Å²) in [5, 5.41) is 9.62. The fourth-order valence-electron chi connectivity index (χ4n) is 3.40. The van der Waals surface area contributed by atoms with E-state index in [2.05, 4.69) is 21.8 Å². The van der Waals surface area contributed by atoms with E-state index in [0.29, 0.717) is 37.6 Å².